The van der Waals surface area contributed by atoms with Crippen LogP contribution in [0.2, 0.25) is 0 Å². The number of rotatable bonds is 4. The molecule has 0 aliphatic carbocycles. The highest BCUT2D eigenvalue weighted by Gasteiger charge is 2.33. The molecule has 1 atom stereocenters. The number of amides is 1. The normalized spacial score (nSPS) is 20.4. The van der Waals surface area contributed by atoms with Crippen LogP contribution in [0.3, 0.4) is 0 Å². The molecule has 1 amide bonds. The van der Waals surface area contributed by atoms with Crippen molar-refractivity contribution in [2.75, 3.05) is 17.2 Å². The Bertz CT molecular complexity index is 526. The number of hydrogen-bond donors (Lipinski definition) is 0. The van der Waals surface area contributed by atoms with Gasteiger partial charge in [-0.15, -0.1) is 0 Å². The number of carbonyl (C=O) groups is 1. The van der Waals surface area contributed by atoms with E-state index in [0.717, 1.165) is 5.69 Å². The molecule has 1 saturated heterocycles. The molecule has 0 bridgehead atoms. The number of para-hydroxylation sites is 1. The number of carbonyl (C=O) groups excluding carboxylic acids is 1. The van der Waals surface area contributed by atoms with Gasteiger partial charge in [-0.1, -0.05) is 18.2 Å². The van der Waals surface area contributed by atoms with E-state index in [-0.39, 0.29) is 24.6 Å². The van der Waals surface area contributed by atoms with Crippen LogP contribution in [0, 0.1) is 0 Å². The minimum absolute atomic E-state index is 0.0803. The number of hydrogen-bond acceptors (Lipinski definition) is 4. The van der Waals surface area contributed by atoms with E-state index in [1.807, 2.05) is 30.3 Å². The fourth-order valence-electron chi connectivity index (χ4n) is 1.87. The highest BCUT2D eigenvalue weighted by atomic mass is 32.2. The fourth-order valence-corrected chi connectivity index (χ4v) is 2.55. The molecule has 0 radical (unpaired) electrons. The molecular formula is C12H15NO4S. The second kappa shape index (κ2) is 5.07. The van der Waals surface area contributed by atoms with Gasteiger partial charge in [0, 0.05) is 5.69 Å². The maximum absolute atomic E-state index is 11.8. The molecule has 5 nitrogen and oxygen atoms in total. The van der Waals surface area contributed by atoms with Gasteiger partial charge in [0.25, 0.3) is 10.1 Å². The molecule has 0 aromatic heterocycles. The first-order chi connectivity index (χ1) is 8.52. The number of nitrogens with zero attached hydrogens (tertiary/aromatic N) is 1. The van der Waals surface area contributed by atoms with Crippen LogP contribution in [0.25, 0.3) is 0 Å². The molecule has 1 aliphatic rings. The molecule has 0 N–H and O–H groups in total. The quantitative estimate of drug-likeness (QED) is 0.769. The molecule has 1 unspecified atom stereocenters. The van der Waals surface area contributed by atoms with E-state index in [1.165, 1.54) is 6.92 Å². The zero-order valence-electron chi connectivity index (χ0n) is 10.1. The third kappa shape index (κ3) is 2.88. The highest BCUT2D eigenvalue weighted by Crippen LogP contribution is 2.23. The van der Waals surface area contributed by atoms with E-state index >= 15 is 0 Å². The SMILES string of the molecule is CCS(=O)(=O)OC1CC(=O)N(c2ccccc2)C1. The Morgan fingerprint density at radius 3 is 2.61 bits per heavy atom. The lowest BCUT2D eigenvalue weighted by Crippen LogP contribution is -2.27. The smallest absolute Gasteiger partial charge is 0.267 e. The second-order valence-electron chi connectivity index (χ2n) is 4.11. The Hall–Kier alpha value is -1.40. The predicted molar refractivity (Wildman–Crippen MR) is 67.7 cm³/mol. The first-order valence-electron chi connectivity index (χ1n) is 5.78. The molecule has 1 fully saturated rings. The largest absolute Gasteiger partial charge is 0.310 e. The van der Waals surface area contributed by atoms with Crippen LogP contribution in [-0.2, 0) is 19.1 Å². The Labute approximate surface area is 106 Å². The Kier molecular flexibility index (Phi) is 3.68. The van der Waals surface area contributed by atoms with Crippen LogP contribution >= 0.6 is 0 Å². The van der Waals surface area contributed by atoms with E-state index in [9.17, 15) is 13.2 Å². The zero-order valence-corrected chi connectivity index (χ0v) is 10.9. The van der Waals surface area contributed by atoms with Crippen LogP contribution in [-0.4, -0.2) is 32.7 Å². The summed E-state index contributed by atoms with van der Waals surface area (Å²) < 4.78 is 27.7. The molecule has 1 aromatic carbocycles. The Balaban J connectivity index is 2.08. The summed E-state index contributed by atoms with van der Waals surface area (Å²) in [7, 11) is -3.51. The van der Waals surface area contributed by atoms with Crippen LogP contribution < -0.4 is 4.90 Å². The van der Waals surface area contributed by atoms with Crippen LogP contribution in [0.4, 0.5) is 5.69 Å². The van der Waals surface area contributed by atoms with Gasteiger partial charge >= 0.3 is 0 Å². The van der Waals surface area contributed by atoms with Crippen molar-refractivity contribution in [1.82, 2.24) is 0 Å². The molecule has 0 spiro atoms. The van der Waals surface area contributed by atoms with Gasteiger partial charge in [0.15, 0.2) is 0 Å². The average Bonchev–Trinajstić information content (AvgIpc) is 2.70. The zero-order chi connectivity index (χ0) is 13.2. The van der Waals surface area contributed by atoms with Crippen molar-refractivity contribution in [2.45, 2.75) is 19.4 Å². The molecule has 1 heterocycles. The van der Waals surface area contributed by atoms with Gasteiger partial charge in [-0.05, 0) is 19.1 Å². The molecule has 1 aliphatic heterocycles. The van der Waals surface area contributed by atoms with Gasteiger partial charge in [-0.25, -0.2) is 0 Å². The molecular weight excluding hydrogens is 254 g/mol. The lowest BCUT2D eigenvalue weighted by molar-refractivity contribution is -0.117. The van der Waals surface area contributed by atoms with Crippen molar-refractivity contribution < 1.29 is 17.4 Å². The van der Waals surface area contributed by atoms with Crippen LogP contribution in [0.15, 0.2) is 30.3 Å². The lowest BCUT2D eigenvalue weighted by atomic mass is 10.3. The Morgan fingerprint density at radius 2 is 2.00 bits per heavy atom. The fraction of sp³-hybridized carbons (Fsp3) is 0.417. The third-order valence-electron chi connectivity index (χ3n) is 2.79. The van der Waals surface area contributed by atoms with E-state index < -0.39 is 16.2 Å². The summed E-state index contributed by atoms with van der Waals surface area (Å²) in [5.41, 5.74) is 0.766. The Morgan fingerprint density at radius 1 is 1.33 bits per heavy atom. The monoisotopic (exact) mass is 269 g/mol. The number of benzene rings is 1. The molecule has 1 aromatic rings. The van der Waals surface area contributed by atoms with Crippen molar-refractivity contribution >= 4 is 21.7 Å². The summed E-state index contributed by atoms with van der Waals surface area (Å²) in [6.07, 6.45) is -0.476. The van der Waals surface area contributed by atoms with Gasteiger partial charge in [-0.2, -0.15) is 8.42 Å². The van der Waals surface area contributed by atoms with Crippen molar-refractivity contribution in [3.63, 3.8) is 0 Å². The first kappa shape index (κ1) is 13.0. The topological polar surface area (TPSA) is 63.7 Å². The first-order valence-corrected chi connectivity index (χ1v) is 7.36. The van der Waals surface area contributed by atoms with Gasteiger partial charge in [0.2, 0.25) is 5.91 Å². The van der Waals surface area contributed by atoms with Crippen molar-refractivity contribution in [1.29, 1.82) is 0 Å². The third-order valence-corrected chi connectivity index (χ3v) is 4.07. The van der Waals surface area contributed by atoms with Gasteiger partial charge in [0.1, 0.15) is 6.10 Å². The summed E-state index contributed by atoms with van der Waals surface area (Å²) in [6.45, 7) is 1.79. The van der Waals surface area contributed by atoms with E-state index in [4.69, 9.17) is 4.18 Å². The standard InChI is InChI=1S/C12H15NO4S/c1-2-18(15,16)17-11-8-12(14)13(9-11)10-6-4-3-5-7-10/h3-7,11H,2,8-9H2,1H3. The van der Waals surface area contributed by atoms with Gasteiger partial charge < -0.3 is 4.90 Å². The van der Waals surface area contributed by atoms with E-state index in [1.54, 1.807) is 4.90 Å². The van der Waals surface area contributed by atoms with E-state index in [2.05, 4.69) is 0 Å². The van der Waals surface area contributed by atoms with E-state index in [0.29, 0.717) is 0 Å². The molecule has 18 heavy (non-hydrogen) atoms. The van der Waals surface area contributed by atoms with Crippen molar-refractivity contribution in [3.8, 4) is 0 Å². The minimum atomic E-state index is -3.51. The maximum atomic E-state index is 11.8. The number of anilines is 1. The van der Waals surface area contributed by atoms with Crippen LogP contribution in [0.5, 0.6) is 0 Å². The molecule has 0 saturated carbocycles. The highest BCUT2D eigenvalue weighted by molar-refractivity contribution is 7.86. The molecule has 98 valence electrons. The summed E-state index contributed by atoms with van der Waals surface area (Å²) in [6, 6.07) is 9.15. The minimum Gasteiger partial charge on any atom is -0.310 e. The van der Waals surface area contributed by atoms with Gasteiger partial charge in [0.05, 0.1) is 18.7 Å². The van der Waals surface area contributed by atoms with Gasteiger partial charge in [-0.3, -0.25) is 8.98 Å². The summed E-state index contributed by atoms with van der Waals surface area (Å²) in [5.74, 6) is -0.194. The predicted octanol–water partition coefficient (Wildman–Crippen LogP) is 1.16. The second-order valence-corrected chi connectivity index (χ2v) is 5.99. The summed E-state index contributed by atoms with van der Waals surface area (Å²) >= 11 is 0. The van der Waals surface area contributed by atoms with Crippen LogP contribution in [0.1, 0.15) is 13.3 Å². The van der Waals surface area contributed by atoms with Crippen molar-refractivity contribution in [2.24, 2.45) is 0 Å². The molecule has 6 heteroatoms. The maximum Gasteiger partial charge on any atom is 0.267 e. The average molecular weight is 269 g/mol. The molecule has 2 rings (SSSR count). The summed E-state index contributed by atoms with van der Waals surface area (Å²) in [5, 5.41) is 0. The van der Waals surface area contributed by atoms with Crippen molar-refractivity contribution in [3.05, 3.63) is 30.3 Å². The summed E-state index contributed by atoms with van der Waals surface area (Å²) in [4.78, 5) is 13.4. The lowest BCUT2D eigenvalue weighted by Gasteiger charge is -2.16.